The van der Waals surface area contributed by atoms with Crippen molar-refractivity contribution in [1.82, 2.24) is 4.90 Å². The Morgan fingerprint density at radius 3 is 2.80 bits per heavy atom. The Hall–Kier alpha value is -2.01. The van der Waals surface area contributed by atoms with Gasteiger partial charge in [0.2, 0.25) is 0 Å². The molecule has 4 nitrogen and oxygen atoms in total. The van der Waals surface area contributed by atoms with Crippen molar-refractivity contribution in [3.05, 3.63) is 29.3 Å². The highest BCUT2D eigenvalue weighted by Crippen LogP contribution is 2.21. The fourth-order valence-corrected chi connectivity index (χ4v) is 1.93. The summed E-state index contributed by atoms with van der Waals surface area (Å²) in [6, 6.07) is 8.05. The average Bonchev–Trinajstić information content (AvgIpc) is 2.49. The second-order valence-electron chi connectivity index (χ2n) is 4.31. The first-order chi connectivity index (χ1) is 9.74. The van der Waals surface area contributed by atoms with Gasteiger partial charge in [-0.2, -0.15) is 5.26 Å². The Bertz CT molecular complexity index is 523. The van der Waals surface area contributed by atoms with Crippen LogP contribution < -0.4 is 10.5 Å². The molecular formula is C16H21N3O. The summed E-state index contributed by atoms with van der Waals surface area (Å²) in [5.74, 6) is 6.73. The molecule has 2 N–H and O–H groups in total. The highest BCUT2D eigenvalue weighted by Gasteiger charge is 2.09. The molecule has 0 aliphatic carbocycles. The first-order valence-electron chi connectivity index (χ1n) is 6.70. The van der Waals surface area contributed by atoms with Gasteiger partial charge in [0.1, 0.15) is 5.75 Å². The zero-order chi connectivity index (χ0) is 14.8. The predicted molar refractivity (Wildman–Crippen MR) is 80.1 cm³/mol. The molecular weight excluding hydrogens is 250 g/mol. The third kappa shape index (κ3) is 4.93. The first kappa shape index (κ1) is 16.0. The number of methoxy groups -OCH3 is 1. The van der Waals surface area contributed by atoms with E-state index < -0.39 is 0 Å². The van der Waals surface area contributed by atoms with Gasteiger partial charge in [-0.25, -0.2) is 0 Å². The number of rotatable bonds is 6. The van der Waals surface area contributed by atoms with Crippen molar-refractivity contribution < 1.29 is 4.74 Å². The standard InChI is InChI=1S/C16H21N3O/c1-3-19(11-5-10-18)13-15-12-14(6-4-9-17)7-8-16(15)20-2/h7-8,12H,3,5,9,11,13,17H2,1-2H3. The lowest BCUT2D eigenvalue weighted by atomic mass is 10.1. The molecule has 1 aromatic carbocycles. The van der Waals surface area contributed by atoms with Gasteiger partial charge >= 0.3 is 0 Å². The van der Waals surface area contributed by atoms with E-state index in [2.05, 4.69) is 29.7 Å². The molecule has 0 saturated heterocycles. The molecule has 0 bridgehead atoms. The molecule has 0 radical (unpaired) electrons. The maximum atomic E-state index is 8.69. The third-order valence-corrected chi connectivity index (χ3v) is 3.00. The van der Waals surface area contributed by atoms with Crippen LogP contribution >= 0.6 is 0 Å². The van der Waals surface area contributed by atoms with E-state index >= 15 is 0 Å². The fourth-order valence-electron chi connectivity index (χ4n) is 1.93. The summed E-state index contributed by atoms with van der Waals surface area (Å²) in [6.45, 7) is 4.84. The van der Waals surface area contributed by atoms with Crippen LogP contribution in [0.25, 0.3) is 0 Å². The van der Waals surface area contributed by atoms with Crippen LogP contribution in [0.5, 0.6) is 5.75 Å². The van der Waals surface area contributed by atoms with Crippen LogP contribution in [-0.4, -0.2) is 31.6 Å². The Morgan fingerprint density at radius 2 is 2.20 bits per heavy atom. The minimum atomic E-state index is 0.352. The number of nitrogens with zero attached hydrogens (tertiary/aromatic N) is 2. The third-order valence-electron chi connectivity index (χ3n) is 3.00. The molecule has 1 rings (SSSR count). The number of hydrogen-bond donors (Lipinski definition) is 1. The molecule has 0 aliphatic rings. The van der Waals surface area contributed by atoms with E-state index in [1.807, 2.05) is 18.2 Å². The molecule has 0 aliphatic heterocycles. The van der Waals surface area contributed by atoms with E-state index in [-0.39, 0.29) is 0 Å². The van der Waals surface area contributed by atoms with Crippen LogP contribution in [0.15, 0.2) is 18.2 Å². The van der Waals surface area contributed by atoms with Crippen molar-refractivity contribution in [2.45, 2.75) is 19.9 Å². The van der Waals surface area contributed by atoms with E-state index in [9.17, 15) is 0 Å². The largest absolute Gasteiger partial charge is 0.496 e. The Balaban J connectivity index is 2.92. The highest BCUT2D eigenvalue weighted by atomic mass is 16.5. The van der Waals surface area contributed by atoms with Crippen molar-refractivity contribution in [2.75, 3.05) is 26.7 Å². The minimum absolute atomic E-state index is 0.352. The summed E-state index contributed by atoms with van der Waals surface area (Å²) in [5.41, 5.74) is 7.40. The van der Waals surface area contributed by atoms with Gasteiger partial charge < -0.3 is 10.5 Å². The van der Waals surface area contributed by atoms with Crippen molar-refractivity contribution >= 4 is 0 Å². The molecule has 0 aromatic heterocycles. The van der Waals surface area contributed by atoms with Crippen LogP contribution in [-0.2, 0) is 6.54 Å². The summed E-state index contributed by atoms with van der Waals surface area (Å²) < 4.78 is 5.39. The lowest BCUT2D eigenvalue weighted by Gasteiger charge is -2.20. The molecule has 0 saturated carbocycles. The topological polar surface area (TPSA) is 62.3 Å². The summed E-state index contributed by atoms with van der Waals surface area (Å²) in [4.78, 5) is 2.21. The van der Waals surface area contributed by atoms with Crippen molar-refractivity contribution in [1.29, 1.82) is 5.26 Å². The van der Waals surface area contributed by atoms with Crippen molar-refractivity contribution in [3.63, 3.8) is 0 Å². The Morgan fingerprint density at radius 1 is 1.40 bits per heavy atom. The average molecular weight is 271 g/mol. The maximum Gasteiger partial charge on any atom is 0.123 e. The highest BCUT2D eigenvalue weighted by molar-refractivity contribution is 5.44. The van der Waals surface area contributed by atoms with Crippen LogP contribution in [0, 0.1) is 23.2 Å². The summed E-state index contributed by atoms with van der Waals surface area (Å²) in [5, 5.41) is 8.69. The van der Waals surface area contributed by atoms with Crippen molar-refractivity contribution in [3.8, 4) is 23.7 Å². The van der Waals surface area contributed by atoms with Crippen LogP contribution in [0.2, 0.25) is 0 Å². The molecule has 0 fully saturated rings. The number of hydrogen-bond acceptors (Lipinski definition) is 4. The lowest BCUT2D eigenvalue weighted by molar-refractivity contribution is 0.281. The quantitative estimate of drug-likeness (QED) is 0.801. The van der Waals surface area contributed by atoms with Gasteiger partial charge in [-0.05, 0) is 24.7 Å². The minimum Gasteiger partial charge on any atom is -0.496 e. The molecule has 0 heterocycles. The van der Waals surface area contributed by atoms with Gasteiger partial charge in [0.25, 0.3) is 0 Å². The fraction of sp³-hybridized carbons (Fsp3) is 0.438. The second-order valence-corrected chi connectivity index (χ2v) is 4.31. The molecule has 4 heteroatoms. The summed E-state index contributed by atoms with van der Waals surface area (Å²) in [6.07, 6.45) is 0.531. The summed E-state index contributed by atoms with van der Waals surface area (Å²) in [7, 11) is 1.66. The zero-order valence-corrected chi connectivity index (χ0v) is 12.1. The number of benzene rings is 1. The smallest absolute Gasteiger partial charge is 0.123 e. The molecule has 0 atom stereocenters. The number of ether oxygens (including phenoxy) is 1. The van der Waals surface area contributed by atoms with Gasteiger partial charge in [-0.15, -0.1) is 0 Å². The maximum absolute atomic E-state index is 8.69. The normalized spacial score (nSPS) is 9.75. The molecule has 0 amide bonds. The SMILES string of the molecule is CCN(CCC#N)Cc1cc(C#CCN)ccc1OC. The lowest BCUT2D eigenvalue weighted by Crippen LogP contribution is -2.24. The Labute approximate surface area is 121 Å². The van der Waals surface area contributed by atoms with E-state index in [0.29, 0.717) is 13.0 Å². The monoisotopic (exact) mass is 271 g/mol. The van der Waals surface area contributed by atoms with Gasteiger partial charge in [0.15, 0.2) is 0 Å². The van der Waals surface area contributed by atoms with Crippen LogP contribution in [0.1, 0.15) is 24.5 Å². The zero-order valence-electron chi connectivity index (χ0n) is 12.1. The Kier molecular flexibility index (Phi) is 7.21. The van der Waals surface area contributed by atoms with E-state index in [4.69, 9.17) is 15.7 Å². The molecule has 0 unspecified atom stereocenters. The van der Waals surface area contributed by atoms with E-state index in [1.165, 1.54) is 0 Å². The molecule has 0 spiro atoms. The second kappa shape index (κ2) is 8.98. The van der Waals surface area contributed by atoms with Crippen LogP contribution in [0.4, 0.5) is 0 Å². The molecule has 1 aromatic rings. The van der Waals surface area contributed by atoms with Crippen LogP contribution in [0.3, 0.4) is 0 Å². The number of nitrogens with two attached hydrogens (primary N) is 1. The van der Waals surface area contributed by atoms with E-state index in [0.717, 1.165) is 36.5 Å². The predicted octanol–water partition coefficient (Wildman–Crippen LogP) is 1.74. The molecule has 20 heavy (non-hydrogen) atoms. The van der Waals surface area contributed by atoms with E-state index in [1.54, 1.807) is 7.11 Å². The van der Waals surface area contributed by atoms with Gasteiger partial charge in [-0.1, -0.05) is 18.8 Å². The van der Waals surface area contributed by atoms with Gasteiger partial charge in [0, 0.05) is 30.6 Å². The van der Waals surface area contributed by atoms with Crippen molar-refractivity contribution in [2.24, 2.45) is 5.73 Å². The molecule has 106 valence electrons. The summed E-state index contributed by atoms with van der Waals surface area (Å²) >= 11 is 0. The first-order valence-corrected chi connectivity index (χ1v) is 6.70. The van der Waals surface area contributed by atoms with Gasteiger partial charge in [-0.3, -0.25) is 4.90 Å². The number of nitriles is 1. The van der Waals surface area contributed by atoms with Gasteiger partial charge in [0.05, 0.1) is 19.7 Å².